The van der Waals surface area contributed by atoms with Crippen molar-refractivity contribution < 1.29 is 23.5 Å². The second-order valence-corrected chi connectivity index (χ2v) is 5.12. The molecule has 0 spiro atoms. The van der Waals surface area contributed by atoms with Crippen LogP contribution in [0.2, 0.25) is 5.02 Å². The van der Waals surface area contributed by atoms with Crippen LogP contribution in [0, 0.1) is 5.82 Å². The van der Waals surface area contributed by atoms with E-state index in [0.717, 1.165) is 6.07 Å². The van der Waals surface area contributed by atoms with Gasteiger partial charge >= 0.3 is 5.97 Å². The van der Waals surface area contributed by atoms with E-state index in [0.29, 0.717) is 0 Å². The summed E-state index contributed by atoms with van der Waals surface area (Å²) in [5, 5.41) is 2.69. The van der Waals surface area contributed by atoms with E-state index in [1.165, 1.54) is 37.4 Å². The Morgan fingerprint density at radius 2 is 2.00 bits per heavy atom. The zero-order valence-corrected chi connectivity index (χ0v) is 13.8. The fourth-order valence-corrected chi connectivity index (χ4v) is 2.22. The summed E-state index contributed by atoms with van der Waals surface area (Å²) in [5.74, 6) is -1.45. The number of hydrogen-bond donors (Lipinski definition) is 1. The number of methoxy groups -OCH3 is 1. The maximum absolute atomic E-state index is 13.2. The number of ether oxygens (including phenoxy) is 2. The summed E-state index contributed by atoms with van der Waals surface area (Å²) in [6.45, 7) is 1.89. The van der Waals surface area contributed by atoms with Gasteiger partial charge in [0, 0.05) is 11.6 Å². The van der Waals surface area contributed by atoms with Crippen molar-refractivity contribution in [3.05, 3.63) is 58.4 Å². The molecule has 2 aromatic carbocycles. The van der Waals surface area contributed by atoms with Crippen LogP contribution in [0.3, 0.4) is 0 Å². The van der Waals surface area contributed by atoms with Crippen LogP contribution in [0.4, 0.5) is 10.1 Å². The van der Waals surface area contributed by atoms with Gasteiger partial charge in [0.05, 0.1) is 24.4 Å². The molecule has 0 aliphatic rings. The Kier molecular flexibility index (Phi) is 5.76. The molecule has 0 saturated carbocycles. The van der Waals surface area contributed by atoms with Crippen LogP contribution >= 0.6 is 11.6 Å². The predicted octanol–water partition coefficient (Wildman–Crippen LogP) is 3.92. The van der Waals surface area contributed by atoms with Gasteiger partial charge in [-0.3, -0.25) is 4.79 Å². The molecular formula is C17H15ClFNO4. The van der Waals surface area contributed by atoms with Crippen LogP contribution in [0.5, 0.6) is 5.75 Å². The van der Waals surface area contributed by atoms with Crippen LogP contribution in [0.25, 0.3) is 0 Å². The summed E-state index contributed by atoms with van der Waals surface area (Å²) in [6, 6.07) is 7.99. The molecule has 7 heteroatoms. The lowest BCUT2D eigenvalue weighted by molar-refractivity contribution is 0.0522. The molecule has 0 atom stereocenters. The fraction of sp³-hybridized carbons (Fsp3) is 0.176. The number of amides is 1. The molecule has 0 saturated heterocycles. The Morgan fingerprint density at radius 3 is 2.62 bits per heavy atom. The van der Waals surface area contributed by atoms with Gasteiger partial charge in [-0.2, -0.15) is 0 Å². The van der Waals surface area contributed by atoms with Crippen LogP contribution < -0.4 is 10.1 Å². The summed E-state index contributed by atoms with van der Waals surface area (Å²) in [4.78, 5) is 24.0. The summed E-state index contributed by atoms with van der Waals surface area (Å²) < 4.78 is 23.3. The van der Waals surface area contributed by atoms with Crippen LogP contribution in [0.15, 0.2) is 36.4 Å². The van der Waals surface area contributed by atoms with Gasteiger partial charge in [0.25, 0.3) is 5.91 Å². The lowest BCUT2D eigenvalue weighted by Crippen LogP contribution is -2.13. The monoisotopic (exact) mass is 351 g/mol. The minimum atomic E-state index is -0.584. The van der Waals surface area contributed by atoms with Gasteiger partial charge in [-0.05, 0) is 31.2 Å². The van der Waals surface area contributed by atoms with Crippen molar-refractivity contribution in [2.75, 3.05) is 19.0 Å². The maximum atomic E-state index is 13.2. The molecule has 0 aromatic heterocycles. The fourth-order valence-electron chi connectivity index (χ4n) is 2.01. The van der Waals surface area contributed by atoms with Gasteiger partial charge in [-0.25, -0.2) is 9.18 Å². The van der Waals surface area contributed by atoms with Crippen molar-refractivity contribution in [1.29, 1.82) is 0 Å². The van der Waals surface area contributed by atoms with Gasteiger partial charge < -0.3 is 14.8 Å². The molecular weight excluding hydrogens is 337 g/mol. The second kappa shape index (κ2) is 7.79. The smallest absolute Gasteiger partial charge is 0.341 e. The molecule has 0 radical (unpaired) electrons. The van der Waals surface area contributed by atoms with E-state index in [1.807, 2.05) is 0 Å². The van der Waals surface area contributed by atoms with E-state index in [4.69, 9.17) is 21.1 Å². The van der Waals surface area contributed by atoms with Gasteiger partial charge in [-0.1, -0.05) is 17.7 Å². The number of anilines is 1. The average Bonchev–Trinajstić information content (AvgIpc) is 2.56. The van der Waals surface area contributed by atoms with E-state index in [1.54, 1.807) is 6.92 Å². The van der Waals surface area contributed by atoms with Crippen LogP contribution in [-0.4, -0.2) is 25.6 Å². The minimum absolute atomic E-state index is 0.128. The number of carbonyl (C=O) groups is 2. The zero-order valence-electron chi connectivity index (χ0n) is 13.1. The number of carbonyl (C=O) groups excluding carboxylic acids is 2. The molecule has 0 unspecified atom stereocenters. The standard InChI is InChI=1S/C17H15ClFNO4/c1-3-24-17(22)12-8-13(18)14(9-15(12)23-2)20-16(21)10-5-4-6-11(19)7-10/h4-9H,3H2,1-2H3,(H,20,21). The highest BCUT2D eigenvalue weighted by molar-refractivity contribution is 6.34. The minimum Gasteiger partial charge on any atom is -0.496 e. The van der Waals surface area contributed by atoms with E-state index >= 15 is 0 Å². The van der Waals surface area contributed by atoms with Crippen molar-refractivity contribution in [1.82, 2.24) is 0 Å². The first-order valence-corrected chi connectivity index (χ1v) is 7.45. The molecule has 2 aromatic rings. The first kappa shape index (κ1) is 17.7. The number of esters is 1. The molecule has 1 N–H and O–H groups in total. The van der Waals surface area contributed by atoms with E-state index in [2.05, 4.69) is 5.32 Å². The van der Waals surface area contributed by atoms with Crippen molar-refractivity contribution in [3.8, 4) is 5.75 Å². The van der Waals surface area contributed by atoms with Gasteiger partial charge in [-0.15, -0.1) is 0 Å². The predicted molar refractivity (Wildman–Crippen MR) is 88.3 cm³/mol. The molecule has 126 valence electrons. The third-order valence-electron chi connectivity index (χ3n) is 3.12. The van der Waals surface area contributed by atoms with E-state index in [-0.39, 0.29) is 34.2 Å². The molecule has 0 fully saturated rings. The Morgan fingerprint density at radius 1 is 1.25 bits per heavy atom. The molecule has 1 amide bonds. The van der Waals surface area contributed by atoms with E-state index in [9.17, 15) is 14.0 Å². The largest absolute Gasteiger partial charge is 0.496 e. The average molecular weight is 352 g/mol. The number of hydrogen-bond acceptors (Lipinski definition) is 4. The maximum Gasteiger partial charge on any atom is 0.341 e. The van der Waals surface area contributed by atoms with Gasteiger partial charge in [0.15, 0.2) is 0 Å². The Labute approximate surface area is 143 Å². The number of rotatable bonds is 5. The van der Waals surface area contributed by atoms with Crippen molar-refractivity contribution in [2.45, 2.75) is 6.92 Å². The first-order chi connectivity index (χ1) is 11.5. The van der Waals surface area contributed by atoms with Crippen molar-refractivity contribution >= 4 is 29.2 Å². The third-order valence-corrected chi connectivity index (χ3v) is 3.43. The molecule has 0 aliphatic carbocycles. The first-order valence-electron chi connectivity index (χ1n) is 7.07. The number of nitrogens with one attached hydrogen (secondary N) is 1. The second-order valence-electron chi connectivity index (χ2n) is 4.72. The van der Waals surface area contributed by atoms with E-state index < -0.39 is 17.7 Å². The summed E-state index contributed by atoms with van der Waals surface area (Å²) in [5.41, 5.74) is 0.517. The Hall–Kier alpha value is -2.60. The van der Waals surface area contributed by atoms with Crippen LogP contribution in [-0.2, 0) is 4.74 Å². The van der Waals surface area contributed by atoms with Gasteiger partial charge in [0.1, 0.15) is 17.1 Å². The topological polar surface area (TPSA) is 64.6 Å². The molecule has 24 heavy (non-hydrogen) atoms. The van der Waals surface area contributed by atoms with Crippen LogP contribution in [0.1, 0.15) is 27.6 Å². The SMILES string of the molecule is CCOC(=O)c1cc(Cl)c(NC(=O)c2cccc(F)c2)cc1OC. The Balaban J connectivity index is 2.31. The van der Waals surface area contributed by atoms with Gasteiger partial charge in [0.2, 0.25) is 0 Å². The highest BCUT2D eigenvalue weighted by Crippen LogP contribution is 2.31. The van der Waals surface area contributed by atoms with Crippen molar-refractivity contribution in [2.24, 2.45) is 0 Å². The summed E-state index contributed by atoms with van der Waals surface area (Å²) in [6.07, 6.45) is 0. The molecule has 0 heterocycles. The lowest BCUT2D eigenvalue weighted by Gasteiger charge is -2.13. The third kappa shape index (κ3) is 4.02. The van der Waals surface area contributed by atoms with Crippen molar-refractivity contribution in [3.63, 3.8) is 0 Å². The summed E-state index contributed by atoms with van der Waals surface area (Å²) >= 11 is 6.11. The summed E-state index contributed by atoms with van der Waals surface area (Å²) in [7, 11) is 1.38. The quantitative estimate of drug-likeness (QED) is 0.829. The molecule has 0 aliphatic heterocycles. The highest BCUT2D eigenvalue weighted by atomic mass is 35.5. The number of benzene rings is 2. The molecule has 2 rings (SSSR count). The Bertz CT molecular complexity index is 779. The number of halogens is 2. The lowest BCUT2D eigenvalue weighted by atomic mass is 10.1. The molecule has 5 nitrogen and oxygen atoms in total. The highest BCUT2D eigenvalue weighted by Gasteiger charge is 2.18. The molecule has 0 bridgehead atoms. The normalized spacial score (nSPS) is 10.2. The zero-order chi connectivity index (χ0) is 17.7.